The molecule has 0 aliphatic heterocycles. The molecule has 1 N–H and O–H groups in total. The maximum Gasteiger partial charge on any atom is 0.275 e. The first kappa shape index (κ1) is 16.6. The molecule has 1 aliphatic carbocycles. The summed E-state index contributed by atoms with van der Waals surface area (Å²) < 4.78 is 3.57. The molecular formula is C20H23N5O. The first-order chi connectivity index (χ1) is 12.6. The summed E-state index contributed by atoms with van der Waals surface area (Å²) in [6.07, 6.45) is 2.34. The van der Waals surface area contributed by atoms with Crippen molar-refractivity contribution in [2.24, 2.45) is 0 Å². The molecule has 1 amide bonds. The average Bonchev–Trinajstić information content (AvgIpc) is 3.35. The molecule has 4 rings (SSSR count). The van der Waals surface area contributed by atoms with Crippen LogP contribution < -0.4 is 5.32 Å². The van der Waals surface area contributed by atoms with Crippen LogP contribution in [0.1, 0.15) is 53.1 Å². The molecule has 6 nitrogen and oxygen atoms in total. The van der Waals surface area contributed by atoms with Gasteiger partial charge in [-0.15, -0.1) is 0 Å². The summed E-state index contributed by atoms with van der Waals surface area (Å²) in [6, 6.07) is 11.7. The van der Waals surface area contributed by atoms with Crippen molar-refractivity contribution in [3.05, 3.63) is 59.0 Å². The van der Waals surface area contributed by atoms with E-state index in [1.807, 2.05) is 61.9 Å². The Morgan fingerprint density at radius 1 is 1.19 bits per heavy atom. The van der Waals surface area contributed by atoms with Crippen LogP contribution in [0.25, 0.3) is 5.69 Å². The lowest BCUT2D eigenvalue weighted by Crippen LogP contribution is -2.19. The number of aryl methyl sites for hydroxylation is 2. The Balaban J connectivity index is 1.74. The predicted molar refractivity (Wildman–Crippen MR) is 101 cm³/mol. The third kappa shape index (κ3) is 2.92. The van der Waals surface area contributed by atoms with Gasteiger partial charge in [0.1, 0.15) is 11.5 Å². The van der Waals surface area contributed by atoms with E-state index in [1.165, 1.54) is 12.8 Å². The molecular weight excluding hydrogens is 326 g/mol. The molecule has 2 aromatic heterocycles. The molecule has 0 saturated heterocycles. The number of nitrogens with one attached hydrogen (secondary N) is 1. The first-order valence-corrected chi connectivity index (χ1v) is 9.09. The highest BCUT2D eigenvalue weighted by atomic mass is 16.2. The van der Waals surface area contributed by atoms with Crippen LogP contribution in [-0.4, -0.2) is 25.5 Å². The second-order valence-electron chi connectivity index (χ2n) is 6.82. The standard InChI is InChI=1S/C20H23N5O/c1-4-24-17(12-13(2)22-24)20(26)21-19-14(3)18(15-10-11-15)23-25(19)16-8-6-5-7-9-16/h5-9,12,15H,4,10-11H2,1-3H3,(H,21,26). The quantitative estimate of drug-likeness (QED) is 0.761. The fourth-order valence-electron chi connectivity index (χ4n) is 3.30. The Morgan fingerprint density at radius 3 is 2.58 bits per heavy atom. The number of rotatable bonds is 5. The van der Waals surface area contributed by atoms with Crippen LogP contribution in [0, 0.1) is 13.8 Å². The molecule has 3 aromatic rings. The zero-order valence-electron chi connectivity index (χ0n) is 15.4. The van der Waals surface area contributed by atoms with E-state index >= 15 is 0 Å². The second-order valence-corrected chi connectivity index (χ2v) is 6.82. The number of carbonyl (C=O) groups is 1. The number of nitrogens with zero attached hydrogens (tertiary/aromatic N) is 4. The molecule has 0 bridgehead atoms. The van der Waals surface area contributed by atoms with Crippen molar-refractivity contribution in [1.29, 1.82) is 0 Å². The molecule has 6 heteroatoms. The third-order valence-electron chi connectivity index (χ3n) is 4.79. The molecule has 1 saturated carbocycles. The average molecular weight is 349 g/mol. The summed E-state index contributed by atoms with van der Waals surface area (Å²) in [5, 5.41) is 12.3. The Hall–Kier alpha value is -2.89. The van der Waals surface area contributed by atoms with Gasteiger partial charge in [0.25, 0.3) is 5.91 Å². The van der Waals surface area contributed by atoms with Crippen LogP contribution in [0.2, 0.25) is 0 Å². The summed E-state index contributed by atoms with van der Waals surface area (Å²) in [6.45, 7) is 6.57. The van der Waals surface area contributed by atoms with Gasteiger partial charge in [0, 0.05) is 18.0 Å². The van der Waals surface area contributed by atoms with Gasteiger partial charge >= 0.3 is 0 Å². The van der Waals surface area contributed by atoms with Crippen molar-refractivity contribution >= 4 is 11.7 Å². The number of hydrogen-bond donors (Lipinski definition) is 1. The maximum absolute atomic E-state index is 12.9. The topological polar surface area (TPSA) is 64.7 Å². The van der Waals surface area contributed by atoms with Gasteiger partial charge in [-0.05, 0) is 51.8 Å². The van der Waals surface area contributed by atoms with Crippen LogP contribution >= 0.6 is 0 Å². The van der Waals surface area contributed by atoms with Gasteiger partial charge in [-0.2, -0.15) is 10.2 Å². The van der Waals surface area contributed by atoms with Gasteiger partial charge in [0.05, 0.1) is 17.1 Å². The maximum atomic E-state index is 12.9. The van der Waals surface area contributed by atoms with E-state index in [0.29, 0.717) is 18.2 Å². The minimum Gasteiger partial charge on any atom is -0.305 e. The molecule has 0 unspecified atom stereocenters. The Labute approximate surface area is 152 Å². The van der Waals surface area contributed by atoms with Gasteiger partial charge in [-0.3, -0.25) is 9.48 Å². The number of para-hydroxylation sites is 1. The van der Waals surface area contributed by atoms with Crippen molar-refractivity contribution in [2.75, 3.05) is 5.32 Å². The SMILES string of the molecule is CCn1nc(C)cc1C(=O)Nc1c(C)c(C2CC2)nn1-c1ccccc1. The summed E-state index contributed by atoms with van der Waals surface area (Å²) in [7, 11) is 0. The van der Waals surface area contributed by atoms with Crippen LogP contribution in [0.5, 0.6) is 0 Å². The van der Waals surface area contributed by atoms with E-state index < -0.39 is 0 Å². The first-order valence-electron chi connectivity index (χ1n) is 9.09. The number of hydrogen-bond acceptors (Lipinski definition) is 3. The van der Waals surface area contributed by atoms with Crippen molar-refractivity contribution in [1.82, 2.24) is 19.6 Å². The highest BCUT2D eigenvalue weighted by molar-refractivity contribution is 6.03. The Morgan fingerprint density at radius 2 is 1.92 bits per heavy atom. The highest BCUT2D eigenvalue weighted by Crippen LogP contribution is 2.43. The molecule has 2 heterocycles. The summed E-state index contributed by atoms with van der Waals surface area (Å²) in [4.78, 5) is 12.9. The third-order valence-corrected chi connectivity index (χ3v) is 4.79. The zero-order valence-corrected chi connectivity index (χ0v) is 15.4. The van der Waals surface area contributed by atoms with Crippen molar-refractivity contribution in [2.45, 2.75) is 46.1 Å². The fraction of sp³-hybridized carbons (Fsp3) is 0.350. The summed E-state index contributed by atoms with van der Waals surface area (Å²) in [5.41, 5.74) is 4.48. The van der Waals surface area contributed by atoms with Gasteiger partial charge in [-0.1, -0.05) is 18.2 Å². The fourth-order valence-corrected chi connectivity index (χ4v) is 3.30. The van der Waals surface area contributed by atoms with Gasteiger partial charge in [0.2, 0.25) is 0 Å². The second kappa shape index (κ2) is 6.44. The highest BCUT2D eigenvalue weighted by Gasteiger charge is 2.31. The molecule has 26 heavy (non-hydrogen) atoms. The van der Waals surface area contributed by atoms with Crippen LogP contribution in [0.15, 0.2) is 36.4 Å². The lowest BCUT2D eigenvalue weighted by atomic mass is 10.2. The number of anilines is 1. The van der Waals surface area contributed by atoms with Gasteiger partial charge in [-0.25, -0.2) is 4.68 Å². The smallest absolute Gasteiger partial charge is 0.275 e. The summed E-state index contributed by atoms with van der Waals surface area (Å²) >= 11 is 0. The monoisotopic (exact) mass is 349 g/mol. The van der Waals surface area contributed by atoms with Crippen LogP contribution in [0.3, 0.4) is 0 Å². The van der Waals surface area contributed by atoms with Crippen LogP contribution in [0.4, 0.5) is 5.82 Å². The van der Waals surface area contributed by atoms with Crippen molar-refractivity contribution < 1.29 is 4.79 Å². The van der Waals surface area contributed by atoms with E-state index in [-0.39, 0.29) is 5.91 Å². The minimum atomic E-state index is -0.157. The zero-order chi connectivity index (χ0) is 18.3. The normalized spacial score (nSPS) is 13.8. The van der Waals surface area contributed by atoms with Crippen molar-refractivity contribution in [3.8, 4) is 5.69 Å². The molecule has 0 radical (unpaired) electrons. The van der Waals surface area contributed by atoms with E-state index in [2.05, 4.69) is 10.4 Å². The summed E-state index contributed by atoms with van der Waals surface area (Å²) in [5.74, 6) is 1.10. The molecule has 1 fully saturated rings. The van der Waals surface area contributed by atoms with Crippen molar-refractivity contribution in [3.63, 3.8) is 0 Å². The Kier molecular flexibility index (Phi) is 4.11. The lowest BCUT2D eigenvalue weighted by molar-refractivity contribution is 0.101. The van der Waals surface area contributed by atoms with Gasteiger partial charge < -0.3 is 5.32 Å². The van der Waals surface area contributed by atoms with Crippen LogP contribution in [-0.2, 0) is 6.54 Å². The van der Waals surface area contributed by atoms with E-state index in [1.54, 1.807) is 4.68 Å². The minimum absolute atomic E-state index is 0.157. The van der Waals surface area contributed by atoms with E-state index in [4.69, 9.17) is 5.10 Å². The number of aromatic nitrogens is 4. The molecule has 0 spiro atoms. The van der Waals surface area contributed by atoms with Gasteiger partial charge in [0.15, 0.2) is 0 Å². The van der Waals surface area contributed by atoms with E-state index in [9.17, 15) is 4.79 Å². The molecule has 1 aromatic carbocycles. The number of amides is 1. The molecule has 0 atom stereocenters. The Bertz CT molecular complexity index is 950. The predicted octanol–water partition coefficient (Wildman–Crippen LogP) is 3.84. The van der Waals surface area contributed by atoms with E-state index in [0.717, 1.165) is 28.5 Å². The molecule has 134 valence electrons. The molecule has 1 aliphatic rings. The lowest BCUT2D eigenvalue weighted by Gasteiger charge is -2.10. The largest absolute Gasteiger partial charge is 0.305 e. The number of carbonyl (C=O) groups excluding carboxylic acids is 1. The number of benzene rings is 1.